The summed E-state index contributed by atoms with van der Waals surface area (Å²) in [4.78, 5) is 16.9. The van der Waals surface area contributed by atoms with Gasteiger partial charge in [0.15, 0.2) is 0 Å². The van der Waals surface area contributed by atoms with E-state index >= 15 is 0 Å². The van der Waals surface area contributed by atoms with E-state index in [-0.39, 0.29) is 39.9 Å². The fraction of sp³-hybridized carbons (Fsp3) is 0.364. The average molecular weight is 679 g/mol. The van der Waals surface area contributed by atoms with Gasteiger partial charge in [-0.25, -0.2) is 0 Å². The highest BCUT2D eigenvalue weighted by atomic mass is 32.2. The van der Waals surface area contributed by atoms with Gasteiger partial charge in [0.05, 0.1) is 25.2 Å². The molecule has 5 heterocycles. The number of fused-ring (bicyclic) bond motifs is 2. The number of carbonyl (C=O) groups excluding carboxylic acids is 1. The molecule has 9 rings (SSSR count). The molecule has 1 saturated carbocycles. The number of amides is 1. The lowest BCUT2D eigenvalue weighted by molar-refractivity contribution is -0.132. The molecule has 14 heteroatoms. The first-order valence-electron chi connectivity index (χ1n) is 15.5. The predicted octanol–water partition coefficient (Wildman–Crippen LogP) is 3.10. The van der Waals surface area contributed by atoms with Crippen molar-refractivity contribution in [3.63, 3.8) is 0 Å². The number of hydrogen-bond donors (Lipinski definition) is 4. The van der Waals surface area contributed by atoms with E-state index in [9.17, 15) is 30.7 Å². The first kappa shape index (κ1) is 30.5. The van der Waals surface area contributed by atoms with E-state index in [1.54, 1.807) is 5.57 Å². The molecule has 3 saturated heterocycles. The maximum absolute atomic E-state index is 13.2. The Kier molecular flexibility index (Phi) is 6.73. The average Bonchev–Trinajstić information content (AvgIpc) is 3.49. The van der Waals surface area contributed by atoms with Crippen molar-refractivity contribution in [1.82, 2.24) is 4.90 Å². The summed E-state index contributed by atoms with van der Waals surface area (Å²) < 4.78 is 70.7. The van der Waals surface area contributed by atoms with E-state index < -0.39 is 30.0 Å². The SMILES string of the molecule is Nc1ccc(-c2ccc(N)cc2S(=O)(=O)O)c(S(=O)(=O)O)c1.O=C1CC2OCC=C3CN4CCC56c7ccccc7N1C5C2C3CC46. The number of benzene rings is 3. The molecule has 6 unspecified atom stereocenters. The van der Waals surface area contributed by atoms with Crippen molar-refractivity contribution in [3.05, 3.63) is 77.9 Å². The van der Waals surface area contributed by atoms with Crippen LogP contribution in [-0.2, 0) is 35.2 Å². The second-order valence-corrected chi connectivity index (χ2v) is 16.0. The van der Waals surface area contributed by atoms with Gasteiger partial charge in [-0.2, -0.15) is 16.8 Å². The lowest BCUT2D eigenvalue weighted by Crippen LogP contribution is -2.69. The van der Waals surface area contributed by atoms with Crippen LogP contribution in [-0.4, -0.2) is 74.6 Å². The Morgan fingerprint density at radius 1 is 0.894 bits per heavy atom. The largest absolute Gasteiger partial charge is 0.399 e. The third-order valence-corrected chi connectivity index (χ3v) is 12.9. The van der Waals surface area contributed by atoms with Gasteiger partial charge in [-0.05, 0) is 61.2 Å². The Morgan fingerprint density at radius 3 is 2.17 bits per heavy atom. The lowest BCUT2D eigenvalue weighted by atomic mass is 9.53. The van der Waals surface area contributed by atoms with Crippen molar-refractivity contribution < 1.29 is 35.5 Å². The summed E-state index contributed by atoms with van der Waals surface area (Å²) in [6, 6.07) is 16.7. The first-order chi connectivity index (χ1) is 22.3. The molecule has 0 aromatic heterocycles. The van der Waals surface area contributed by atoms with Crippen LogP contribution >= 0.6 is 0 Å². The molecule has 4 fully saturated rings. The van der Waals surface area contributed by atoms with Crippen LogP contribution in [0.3, 0.4) is 0 Å². The molecule has 5 aliphatic heterocycles. The maximum Gasteiger partial charge on any atom is 0.295 e. The van der Waals surface area contributed by atoms with Crippen molar-refractivity contribution in [2.75, 3.05) is 36.1 Å². The molecular formula is C33H34N4O8S2. The number of nitrogens with zero attached hydrogens (tertiary/aromatic N) is 2. The van der Waals surface area contributed by atoms with E-state index in [2.05, 4.69) is 40.1 Å². The van der Waals surface area contributed by atoms with Gasteiger partial charge in [0, 0.05) is 52.1 Å². The number of nitrogen functional groups attached to an aromatic ring is 2. The van der Waals surface area contributed by atoms with Gasteiger partial charge in [-0.1, -0.05) is 42.0 Å². The molecule has 2 bridgehead atoms. The third-order valence-electron chi connectivity index (χ3n) is 11.1. The molecule has 47 heavy (non-hydrogen) atoms. The van der Waals surface area contributed by atoms with Gasteiger partial charge in [-0.15, -0.1) is 0 Å². The minimum Gasteiger partial charge on any atom is -0.399 e. The van der Waals surface area contributed by atoms with Crippen molar-refractivity contribution in [2.24, 2.45) is 11.8 Å². The smallest absolute Gasteiger partial charge is 0.295 e. The van der Waals surface area contributed by atoms with E-state index in [0.29, 0.717) is 36.9 Å². The number of para-hydroxylation sites is 1. The fourth-order valence-electron chi connectivity index (χ4n) is 9.46. The number of anilines is 3. The first-order valence-corrected chi connectivity index (χ1v) is 18.4. The summed E-state index contributed by atoms with van der Waals surface area (Å²) in [6.07, 6.45) is 5.43. The molecule has 0 radical (unpaired) electrons. The molecule has 6 aliphatic rings. The van der Waals surface area contributed by atoms with Gasteiger partial charge in [0.2, 0.25) is 5.91 Å². The number of nitrogens with two attached hydrogens (primary N) is 2. The zero-order valence-corrected chi connectivity index (χ0v) is 26.8. The highest BCUT2D eigenvalue weighted by Crippen LogP contribution is 2.65. The molecule has 1 spiro atoms. The van der Waals surface area contributed by atoms with Gasteiger partial charge < -0.3 is 21.1 Å². The second-order valence-electron chi connectivity index (χ2n) is 13.2. The van der Waals surface area contributed by atoms with Crippen molar-refractivity contribution in [2.45, 2.75) is 52.7 Å². The van der Waals surface area contributed by atoms with Crippen LogP contribution in [0.25, 0.3) is 11.1 Å². The summed E-state index contributed by atoms with van der Waals surface area (Å²) in [5.74, 6) is 1.35. The van der Waals surface area contributed by atoms with Crippen LogP contribution in [0.2, 0.25) is 0 Å². The van der Waals surface area contributed by atoms with Crippen molar-refractivity contribution in [1.29, 1.82) is 0 Å². The Balaban J connectivity index is 0.000000140. The van der Waals surface area contributed by atoms with Crippen LogP contribution in [0.1, 0.15) is 24.8 Å². The van der Waals surface area contributed by atoms with E-state index in [4.69, 9.17) is 16.2 Å². The Morgan fingerprint density at radius 2 is 1.53 bits per heavy atom. The molecule has 246 valence electrons. The molecule has 3 aromatic rings. The quantitative estimate of drug-likeness (QED) is 0.181. The maximum atomic E-state index is 13.2. The predicted molar refractivity (Wildman–Crippen MR) is 174 cm³/mol. The molecule has 3 aromatic carbocycles. The van der Waals surface area contributed by atoms with Gasteiger partial charge >= 0.3 is 0 Å². The molecule has 6 atom stereocenters. The Labute approximate surface area is 272 Å². The van der Waals surface area contributed by atoms with Crippen LogP contribution in [0.4, 0.5) is 17.1 Å². The Bertz CT molecular complexity index is 2020. The van der Waals surface area contributed by atoms with E-state index in [1.807, 2.05) is 0 Å². The highest BCUT2D eigenvalue weighted by Gasteiger charge is 2.70. The van der Waals surface area contributed by atoms with Crippen molar-refractivity contribution in [3.8, 4) is 11.1 Å². The van der Waals surface area contributed by atoms with Gasteiger partial charge in [-0.3, -0.25) is 18.8 Å². The van der Waals surface area contributed by atoms with Crippen LogP contribution in [0.5, 0.6) is 0 Å². The zero-order valence-electron chi connectivity index (χ0n) is 25.2. The Hall–Kier alpha value is -3.79. The van der Waals surface area contributed by atoms with Crippen LogP contribution < -0.4 is 16.4 Å². The molecule has 1 amide bonds. The number of ether oxygens (including phenoxy) is 1. The lowest BCUT2D eigenvalue weighted by Gasteiger charge is -2.58. The molecule has 6 N–H and O–H groups in total. The minimum atomic E-state index is -4.66. The van der Waals surface area contributed by atoms with Gasteiger partial charge in [0.25, 0.3) is 20.2 Å². The number of carbonyl (C=O) groups is 1. The number of piperidine rings is 2. The third kappa shape index (κ3) is 4.50. The number of rotatable bonds is 3. The summed E-state index contributed by atoms with van der Waals surface area (Å²) in [6.45, 7) is 2.97. The molecule has 1 aliphatic carbocycles. The van der Waals surface area contributed by atoms with Crippen LogP contribution in [0, 0.1) is 11.8 Å². The zero-order chi connectivity index (χ0) is 33.0. The highest BCUT2D eigenvalue weighted by molar-refractivity contribution is 7.86. The summed E-state index contributed by atoms with van der Waals surface area (Å²) in [5, 5.41) is 0. The second kappa shape index (κ2) is 10.4. The number of hydrogen-bond acceptors (Lipinski definition) is 9. The normalized spacial score (nSPS) is 30.2. The van der Waals surface area contributed by atoms with Crippen molar-refractivity contribution >= 4 is 43.2 Å². The summed E-state index contributed by atoms with van der Waals surface area (Å²) >= 11 is 0. The topological polar surface area (TPSA) is 194 Å². The minimum absolute atomic E-state index is 0.0558. The monoisotopic (exact) mass is 678 g/mol. The summed E-state index contributed by atoms with van der Waals surface area (Å²) in [7, 11) is -9.33. The molecule has 12 nitrogen and oxygen atoms in total. The fourth-order valence-corrected chi connectivity index (χ4v) is 10.9. The van der Waals surface area contributed by atoms with Crippen LogP contribution in [0.15, 0.2) is 82.1 Å². The molecular weight excluding hydrogens is 645 g/mol. The summed E-state index contributed by atoms with van der Waals surface area (Å²) in [5.41, 5.74) is 15.2. The van der Waals surface area contributed by atoms with E-state index in [0.717, 1.165) is 18.7 Å². The van der Waals surface area contributed by atoms with E-state index in [1.165, 1.54) is 54.9 Å². The standard InChI is InChI=1S/C21H22N2O2.C12H12N2O6S2/c24-18-10-16-19-13-9-17-21(6-7-22(17)11-12(13)5-8-25-16)14-3-1-2-4-15(14)23(18)20(19)21;13-7-1-3-9(11(5-7)21(15,16)17)10-4-2-8(14)6-12(10)22(18,19)20/h1-5,13,16-17,19-20H,6-11H2;1-6H,13-14H2,(H,15,16,17)(H,18,19,20). The van der Waals surface area contributed by atoms with Gasteiger partial charge in [0.1, 0.15) is 9.79 Å².